The van der Waals surface area contributed by atoms with Gasteiger partial charge in [0.15, 0.2) is 0 Å². The van der Waals surface area contributed by atoms with Crippen LogP contribution in [0.3, 0.4) is 0 Å². The van der Waals surface area contributed by atoms with E-state index in [1.54, 1.807) is 0 Å². The molecule has 0 bridgehead atoms. The van der Waals surface area contributed by atoms with Gasteiger partial charge in [0, 0.05) is 32.0 Å². The number of carbonyl (C=O) groups excluding carboxylic acids is 1. The summed E-state index contributed by atoms with van der Waals surface area (Å²) in [4.78, 5) is 14.7. The summed E-state index contributed by atoms with van der Waals surface area (Å²) in [5, 5.41) is 0. The maximum atomic E-state index is 12.2. The molecule has 1 heterocycles. The molecule has 0 N–H and O–H groups in total. The molecule has 1 saturated carbocycles. The Labute approximate surface area is 124 Å². The van der Waals surface area contributed by atoms with E-state index in [1.807, 2.05) is 0 Å². The number of morpholine rings is 1. The van der Waals surface area contributed by atoms with Crippen LogP contribution in [0.2, 0.25) is 0 Å². The Balaban J connectivity index is 1.95. The normalized spacial score (nSPS) is 35.5. The highest BCUT2D eigenvalue weighted by Gasteiger charge is 2.36. The van der Waals surface area contributed by atoms with E-state index >= 15 is 0 Å². The third-order valence-corrected chi connectivity index (χ3v) is 4.87. The zero-order valence-electron chi connectivity index (χ0n) is 13.8. The summed E-state index contributed by atoms with van der Waals surface area (Å²) in [6.07, 6.45) is 3.23. The van der Waals surface area contributed by atoms with Gasteiger partial charge in [0.1, 0.15) is 5.78 Å². The molecule has 1 saturated heterocycles. The smallest absolute Gasteiger partial charge is 0.137 e. The van der Waals surface area contributed by atoms with Crippen molar-refractivity contribution in [2.45, 2.75) is 65.6 Å². The first-order chi connectivity index (χ1) is 9.27. The molecule has 0 amide bonds. The summed E-state index contributed by atoms with van der Waals surface area (Å²) in [7, 11) is 0. The minimum atomic E-state index is -0.0904. The van der Waals surface area contributed by atoms with E-state index in [1.165, 1.54) is 0 Å². The molecule has 1 aliphatic carbocycles. The highest BCUT2D eigenvalue weighted by molar-refractivity contribution is 5.82. The molecule has 0 radical (unpaired) electrons. The van der Waals surface area contributed by atoms with Crippen LogP contribution in [0.1, 0.15) is 53.9 Å². The largest absolute Gasteiger partial charge is 0.370 e. The summed E-state index contributed by atoms with van der Waals surface area (Å²) < 4.78 is 5.95. The molecule has 1 aliphatic heterocycles. The van der Waals surface area contributed by atoms with E-state index < -0.39 is 0 Å². The van der Waals surface area contributed by atoms with E-state index in [4.69, 9.17) is 4.74 Å². The maximum Gasteiger partial charge on any atom is 0.137 e. The molecule has 2 fully saturated rings. The lowest BCUT2D eigenvalue weighted by Gasteiger charge is -2.43. The Bertz CT molecular complexity index is 351. The zero-order chi connectivity index (χ0) is 14.9. The standard InChI is InChI=1S/C17H31NO2/c1-12(2)14-6-7-16(19)15(8-14)10-18-9-13(3)20-17(4,5)11-18/h12-15H,6-11H2,1-5H3. The van der Waals surface area contributed by atoms with E-state index in [2.05, 4.69) is 39.5 Å². The molecular formula is C17H31NO2. The molecule has 2 rings (SSSR count). The fraction of sp³-hybridized carbons (Fsp3) is 0.941. The first-order valence-electron chi connectivity index (χ1n) is 8.20. The Kier molecular flexibility index (Phi) is 4.91. The van der Waals surface area contributed by atoms with Gasteiger partial charge in [-0.05, 0) is 45.4 Å². The van der Waals surface area contributed by atoms with Crippen molar-refractivity contribution in [1.29, 1.82) is 0 Å². The van der Waals surface area contributed by atoms with E-state index in [0.717, 1.165) is 44.8 Å². The quantitative estimate of drug-likeness (QED) is 0.796. The molecule has 0 aromatic rings. The van der Waals surface area contributed by atoms with Gasteiger partial charge in [0.05, 0.1) is 11.7 Å². The number of Topliss-reactive ketones (excluding diaryl/α,β-unsaturated/α-hetero) is 1. The Morgan fingerprint density at radius 1 is 1.40 bits per heavy atom. The lowest BCUT2D eigenvalue weighted by molar-refractivity contribution is -0.139. The number of carbonyl (C=O) groups is 1. The zero-order valence-corrected chi connectivity index (χ0v) is 13.8. The molecule has 3 heteroatoms. The number of nitrogens with zero attached hydrogens (tertiary/aromatic N) is 1. The Morgan fingerprint density at radius 3 is 2.70 bits per heavy atom. The predicted molar refractivity (Wildman–Crippen MR) is 81.7 cm³/mol. The van der Waals surface area contributed by atoms with E-state index in [0.29, 0.717) is 11.7 Å². The summed E-state index contributed by atoms with van der Waals surface area (Å²) >= 11 is 0. The van der Waals surface area contributed by atoms with Crippen molar-refractivity contribution >= 4 is 5.78 Å². The predicted octanol–water partition coefficient (Wildman–Crippen LogP) is 3.13. The van der Waals surface area contributed by atoms with Crippen LogP contribution in [0.5, 0.6) is 0 Å². The fourth-order valence-electron chi connectivity index (χ4n) is 3.96. The van der Waals surface area contributed by atoms with Crippen molar-refractivity contribution in [2.24, 2.45) is 17.8 Å². The number of hydrogen-bond donors (Lipinski definition) is 0. The van der Waals surface area contributed by atoms with Gasteiger partial charge >= 0.3 is 0 Å². The van der Waals surface area contributed by atoms with Crippen LogP contribution in [-0.4, -0.2) is 42.0 Å². The number of ether oxygens (including phenoxy) is 1. The van der Waals surface area contributed by atoms with Gasteiger partial charge < -0.3 is 4.74 Å². The summed E-state index contributed by atoms with van der Waals surface area (Å²) in [6, 6.07) is 0. The highest BCUT2D eigenvalue weighted by Crippen LogP contribution is 2.33. The average molecular weight is 281 g/mol. The van der Waals surface area contributed by atoms with Crippen LogP contribution < -0.4 is 0 Å². The molecule has 20 heavy (non-hydrogen) atoms. The summed E-state index contributed by atoms with van der Waals surface area (Å²) in [5.74, 6) is 2.16. The molecule has 3 atom stereocenters. The Morgan fingerprint density at radius 2 is 2.10 bits per heavy atom. The highest BCUT2D eigenvalue weighted by atomic mass is 16.5. The van der Waals surface area contributed by atoms with E-state index in [-0.39, 0.29) is 17.6 Å². The van der Waals surface area contributed by atoms with Crippen LogP contribution >= 0.6 is 0 Å². The average Bonchev–Trinajstić information content (AvgIpc) is 2.28. The lowest BCUT2D eigenvalue weighted by Crippen LogP contribution is -2.53. The first-order valence-corrected chi connectivity index (χ1v) is 8.20. The molecule has 0 aromatic heterocycles. The number of rotatable bonds is 3. The van der Waals surface area contributed by atoms with Crippen molar-refractivity contribution in [1.82, 2.24) is 4.90 Å². The Hall–Kier alpha value is -0.410. The lowest BCUT2D eigenvalue weighted by atomic mass is 9.75. The van der Waals surface area contributed by atoms with E-state index in [9.17, 15) is 4.79 Å². The SMILES string of the molecule is CC1CN(CC2CC(C(C)C)CCC2=O)CC(C)(C)O1. The minimum Gasteiger partial charge on any atom is -0.370 e. The fourth-order valence-corrected chi connectivity index (χ4v) is 3.96. The molecule has 116 valence electrons. The molecule has 0 spiro atoms. The van der Waals surface area contributed by atoms with Crippen LogP contribution in [0.4, 0.5) is 0 Å². The third-order valence-electron chi connectivity index (χ3n) is 4.87. The second-order valence-corrected chi connectivity index (χ2v) is 7.82. The minimum absolute atomic E-state index is 0.0904. The van der Waals surface area contributed by atoms with Gasteiger partial charge in [-0.25, -0.2) is 0 Å². The topological polar surface area (TPSA) is 29.5 Å². The monoisotopic (exact) mass is 281 g/mol. The van der Waals surface area contributed by atoms with Gasteiger partial charge in [-0.2, -0.15) is 0 Å². The van der Waals surface area contributed by atoms with Gasteiger partial charge in [-0.3, -0.25) is 9.69 Å². The molecule has 0 aromatic carbocycles. The van der Waals surface area contributed by atoms with Crippen molar-refractivity contribution in [3.63, 3.8) is 0 Å². The molecular weight excluding hydrogens is 250 g/mol. The molecule has 3 nitrogen and oxygen atoms in total. The molecule has 3 unspecified atom stereocenters. The van der Waals surface area contributed by atoms with Crippen LogP contribution in [0, 0.1) is 17.8 Å². The van der Waals surface area contributed by atoms with Gasteiger partial charge in [-0.1, -0.05) is 13.8 Å². The van der Waals surface area contributed by atoms with Gasteiger partial charge in [0.2, 0.25) is 0 Å². The summed E-state index contributed by atoms with van der Waals surface area (Å²) in [6.45, 7) is 13.8. The van der Waals surface area contributed by atoms with Crippen molar-refractivity contribution in [3.8, 4) is 0 Å². The van der Waals surface area contributed by atoms with Gasteiger partial charge in [0.25, 0.3) is 0 Å². The second kappa shape index (κ2) is 6.15. The third kappa shape index (κ3) is 4.05. The summed E-state index contributed by atoms with van der Waals surface area (Å²) in [5.41, 5.74) is -0.0904. The van der Waals surface area contributed by atoms with Crippen LogP contribution in [-0.2, 0) is 9.53 Å². The van der Waals surface area contributed by atoms with Crippen LogP contribution in [0.25, 0.3) is 0 Å². The first kappa shape index (κ1) is 16.0. The van der Waals surface area contributed by atoms with Crippen molar-refractivity contribution in [3.05, 3.63) is 0 Å². The molecule has 2 aliphatic rings. The van der Waals surface area contributed by atoms with Gasteiger partial charge in [-0.15, -0.1) is 0 Å². The maximum absolute atomic E-state index is 12.2. The van der Waals surface area contributed by atoms with Crippen LogP contribution in [0.15, 0.2) is 0 Å². The van der Waals surface area contributed by atoms with Crippen molar-refractivity contribution in [2.75, 3.05) is 19.6 Å². The van der Waals surface area contributed by atoms with Crippen molar-refractivity contribution < 1.29 is 9.53 Å². The number of hydrogen-bond acceptors (Lipinski definition) is 3. The number of ketones is 1. The second-order valence-electron chi connectivity index (χ2n) is 7.82.